The Hall–Kier alpha value is 0.250. The van der Waals surface area contributed by atoms with Gasteiger partial charge in [0, 0.05) is 11.9 Å². The molecule has 0 bridgehead atoms. The first-order valence-electron chi connectivity index (χ1n) is 2.41. The second-order valence-corrected chi connectivity index (χ2v) is 2.79. The van der Waals surface area contributed by atoms with E-state index in [9.17, 15) is 0 Å². The molecule has 0 radical (unpaired) electrons. The number of alkyl halides is 1. The Bertz CT molecular complexity index is 37.3. The molecule has 0 aromatic carbocycles. The lowest BCUT2D eigenvalue weighted by Crippen LogP contribution is -2.19. The molecule has 0 amide bonds. The molecular weight excluding hydrogens is 110 g/mol. The maximum atomic E-state index is 5.63. The summed E-state index contributed by atoms with van der Waals surface area (Å²) in [6, 6.07) is 0. The molecule has 1 nitrogen and oxygen atoms in total. The fourth-order valence-corrected chi connectivity index (χ4v) is 0.779. The van der Waals surface area contributed by atoms with Crippen LogP contribution < -0.4 is 0 Å². The van der Waals surface area contributed by atoms with Crippen molar-refractivity contribution < 1.29 is 0 Å². The average Bonchev–Trinajstić information content (AvgIpc) is 1.27. The molecule has 7 heavy (non-hydrogen) atoms. The van der Waals surface area contributed by atoms with E-state index < -0.39 is 0 Å². The van der Waals surface area contributed by atoms with Crippen molar-refractivity contribution in [1.82, 2.24) is 4.90 Å². The highest BCUT2D eigenvalue weighted by molar-refractivity contribution is 6.20. The number of halogens is 1. The van der Waals surface area contributed by atoms with E-state index in [0.29, 0.717) is 0 Å². The zero-order valence-corrected chi connectivity index (χ0v) is 5.87. The minimum Gasteiger partial charge on any atom is -0.308 e. The third kappa shape index (κ3) is 6.25. The Morgan fingerprint density at radius 3 is 2.00 bits per heavy atom. The maximum absolute atomic E-state index is 5.63. The molecule has 0 aromatic heterocycles. The SMILES string of the molecule is C[C@H](Cl)CN(C)C. The van der Waals surface area contributed by atoms with Crippen molar-refractivity contribution >= 4 is 11.6 Å². The molecule has 0 aliphatic rings. The summed E-state index contributed by atoms with van der Waals surface area (Å²) in [6.45, 7) is 2.95. The minimum atomic E-state index is 0.273. The lowest BCUT2D eigenvalue weighted by molar-refractivity contribution is 0.411. The van der Waals surface area contributed by atoms with Gasteiger partial charge in [-0.15, -0.1) is 11.6 Å². The van der Waals surface area contributed by atoms with E-state index in [4.69, 9.17) is 11.6 Å². The van der Waals surface area contributed by atoms with Crippen LogP contribution in [0, 0.1) is 0 Å². The van der Waals surface area contributed by atoms with Crippen molar-refractivity contribution in [2.75, 3.05) is 20.6 Å². The normalized spacial score (nSPS) is 15.0. The van der Waals surface area contributed by atoms with Gasteiger partial charge in [-0.05, 0) is 21.0 Å². The standard InChI is InChI=1S/C5H12ClN/c1-5(6)4-7(2)3/h5H,4H2,1-3H3/t5-/m0/s1. The first-order chi connectivity index (χ1) is 3.13. The summed E-state index contributed by atoms with van der Waals surface area (Å²) < 4.78 is 0. The van der Waals surface area contributed by atoms with Crippen LogP contribution in [0.5, 0.6) is 0 Å². The van der Waals surface area contributed by atoms with Gasteiger partial charge in [0.05, 0.1) is 0 Å². The largest absolute Gasteiger partial charge is 0.308 e. The Morgan fingerprint density at radius 1 is 1.57 bits per heavy atom. The fourth-order valence-electron chi connectivity index (χ4n) is 0.503. The minimum absolute atomic E-state index is 0.273. The fraction of sp³-hybridized carbons (Fsp3) is 1.00. The predicted octanol–water partition coefficient (Wildman–Crippen LogP) is 1.18. The van der Waals surface area contributed by atoms with Gasteiger partial charge in [-0.3, -0.25) is 0 Å². The molecule has 0 saturated carbocycles. The third-order valence-electron chi connectivity index (χ3n) is 0.617. The number of rotatable bonds is 2. The Morgan fingerprint density at radius 2 is 2.00 bits per heavy atom. The molecule has 2 heteroatoms. The molecule has 0 saturated heterocycles. The molecule has 0 unspecified atom stereocenters. The quantitative estimate of drug-likeness (QED) is 0.496. The predicted molar refractivity (Wildman–Crippen MR) is 33.9 cm³/mol. The molecule has 0 N–H and O–H groups in total. The van der Waals surface area contributed by atoms with E-state index in [2.05, 4.69) is 4.90 Å². The van der Waals surface area contributed by atoms with Gasteiger partial charge < -0.3 is 4.90 Å². The van der Waals surface area contributed by atoms with Crippen molar-refractivity contribution in [2.24, 2.45) is 0 Å². The van der Waals surface area contributed by atoms with Crippen molar-refractivity contribution in [1.29, 1.82) is 0 Å². The van der Waals surface area contributed by atoms with E-state index in [1.54, 1.807) is 0 Å². The second-order valence-electron chi connectivity index (χ2n) is 2.04. The molecular formula is C5H12ClN. The van der Waals surface area contributed by atoms with Crippen molar-refractivity contribution in [3.05, 3.63) is 0 Å². The summed E-state index contributed by atoms with van der Waals surface area (Å²) in [5, 5.41) is 0.273. The highest BCUT2D eigenvalue weighted by Crippen LogP contribution is 1.92. The Labute approximate surface area is 50.3 Å². The zero-order valence-electron chi connectivity index (χ0n) is 5.11. The zero-order chi connectivity index (χ0) is 5.86. The van der Waals surface area contributed by atoms with E-state index >= 15 is 0 Å². The summed E-state index contributed by atoms with van der Waals surface area (Å²) in [5.41, 5.74) is 0. The second kappa shape index (κ2) is 3.28. The van der Waals surface area contributed by atoms with Crippen molar-refractivity contribution in [3.8, 4) is 0 Å². The monoisotopic (exact) mass is 121 g/mol. The number of nitrogens with zero attached hydrogens (tertiary/aromatic N) is 1. The highest BCUT2D eigenvalue weighted by Gasteiger charge is 1.94. The van der Waals surface area contributed by atoms with Crippen LogP contribution in [0.1, 0.15) is 6.92 Å². The van der Waals surface area contributed by atoms with E-state index in [-0.39, 0.29) is 5.38 Å². The molecule has 44 valence electrons. The summed E-state index contributed by atoms with van der Waals surface area (Å²) in [4.78, 5) is 2.07. The van der Waals surface area contributed by atoms with Crippen molar-refractivity contribution in [3.63, 3.8) is 0 Å². The lowest BCUT2D eigenvalue weighted by Gasteiger charge is -2.09. The molecule has 0 aliphatic heterocycles. The first-order valence-corrected chi connectivity index (χ1v) is 2.85. The Kier molecular flexibility index (Phi) is 3.39. The maximum Gasteiger partial charge on any atom is 0.0434 e. The van der Waals surface area contributed by atoms with Gasteiger partial charge in [-0.1, -0.05) is 0 Å². The van der Waals surface area contributed by atoms with Crippen LogP contribution >= 0.6 is 11.6 Å². The average molecular weight is 122 g/mol. The summed E-state index contributed by atoms with van der Waals surface area (Å²) in [5.74, 6) is 0. The smallest absolute Gasteiger partial charge is 0.0434 e. The van der Waals surface area contributed by atoms with Gasteiger partial charge in [0.25, 0.3) is 0 Å². The van der Waals surface area contributed by atoms with Crippen LogP contribution in [0.3, 0.4) is 0 Å². The van der Waals surface area contributed by atoms with Gasteiger partial charge in [0.1, 0.15) is 0 Å². The van der Waals surface area contributed by atoms with Crippen LogP contribution in [0.4, 0.5) is 0 Å². The lowest BCUT2D eigenvalue weighted by atomic mass is 10.4. The van der Waals surface area contributed by atoms with Crippen LogP contribution in [-0.4, -0.2) is 30.9 Å². The summed E-state index contributed by atoms with van der Waals surface area (Å²) in [7, 11) is 4.03. The molecule has 0 heterocycles. The molecule has 1 atom stereocenters. The molecule has 0 fully saturated rings. The summed E-state index contributed by atoms with van der Waals surface area (Å²) in [6.07, 6.45) is 0. The van der Waals surface area contributed by atoms with Gasteiger partial charge >= 0.3 is 0 Å². The topological polar surface area (TPSA) is 3.24 Å². The first kappa shape index (κ1) is 7.25. The number of hydrogen-bond acceptors (Lipinski definition) is 1. The van der Waals surface area contributed by atoms with Crippen LogP contribution in [-0.2, 0) is 0 Å². The molecule has 0 rings (SSSR count). The number of hydrogen-bond donors (Lipinski definition) is 0. The van der Waals surface area contributed by atoms with Crippen LogP contribution in [0.2, 0.25) is 0 Å². The molecule has 0 aromatic rings. The summed E-state index contributed by atoms with van der Waals surface area (Å²) >= 11 is 5.63. The van der Waals surface area contributed by atoms with Crippen LogP contribution in [0.25, 0.3) is 0 Å². The highest BCUT2D eigenvalue weighted by atomic mass is 35.5. The van der Waals surface area contributed by atoms with Gasteiger partial charge in [0.15, 0.2) is 0 Å². The third-order valence-corrected chi connectivity index (χ3v) is 0.755. The van der Waals surface area contributed by atoms with E-state index in [1.165, 1.54) is 0 Å². The van der Waals surface area contributed by atoms with Crippen LogP contribution in [0.15, 0.2) is 0 Å². The van der Waals surface area contributed by atoms with E-state index in [1.807, 2.05) is 21.0 Å². The van der Waals surface area contributed by atoms with E-state index in [0.717, 1.165) is 6.54 Å². The van der Waals surface area contributed by atoms with Gasteiger partial charge in [-0.25, -0.2) is 0 Å². The van der Waals surface area contributed by atoms with Gasteiger partial charge in [0.2, 0.25) is 0 Å². The molecule has 0 spiro atoms. The Balaban J connectivity index is 2.95. The van der Waals surface area contributed by atoms with Crippen molar-refractivity contribution in [2.45, 2.75) is 12.3 Å². The van der Waals surface area contributed by atoms with Gasteiger partial charge in [-0.2, -0.15) is 0 Å². The molecule has 0 aliphatic carbocycles.